The van der Waals surface area contributed by atoms with Gasteiger partial charge in [-0.15, -0.1) is 0 Å². The van der Waals surface area contributed by atoms with Gasteiger partial charge in [0.25, 0.3) is 5.91 Å². The van der Waals surface area contributed by atoms with Gasteiger partial charge in [0.05, 0.1) is 12.7 Å². The first-order valence-corrected chi connectivity index (χ1v) is 9.60. The van der Waals surface area contributed by atoms with Gasteiger partial charge in [0.1, 0.15) is 0 Å². The number of amides is 1. The van der Waals surface area contributed by atoms with Crippen LogP contribution in [-0.4, -0.2) is 24.0 Å². The third-order valence-electron chi connectivity index (χ3n) is 5.60. The number of rotatable bonds is 3. The van der Waals surface area contributed by atoms with Gasteiger partial charge in [0.15, 0.2) is 0 Å². The second-order valence-corrected chi connectivity index (χ2v) is 7.67. The minimum atomic E-state index is -0.426. The fraction of sp³-hybridized carbons (Fsp3) is 0.304. The number of ether oxygens (including phenoxy) is 1. The number of aromatic nitrogens is 1. The molecule has 1 aromatic heterocycles. The Balaban J connectivity index is 1.64. The van der Waals surface area contributed by atoms with Gasteiger partial charge >= 0.3 is 5.97 Å². The highest BCUT2D eigenvalue weighted by Crippen LogP contribution is 2.32. The normalized spacial score (nSPS) is 15.9. The fourth-order valence-electron chi connectivity index (χ4n) is 3.93. The lowest BCUT2D eigenvalue weighted by atomic mass is 9.87. The van der Waals surface area contributed by atoms with Crippen LogP contribution >= 0.6 is 0 Å². The van der Waals surface area contributed by atoms with Crippen molar-refractivity contribution >= 4 is 28.5 Å². The molecule has 0 saturated carbocycles. The molecule has 1 heterocycles. The lowest BCUT2D eigenvalue weighted by molar-refractivity contribution is 0.0600. The van der Waals surface area contributed by atoms with Crippen LogP contribution < -0.4 is 5.32 Å². The van der Waals surface area contributed by atoms with Crippen LogP contribution in [0.4, 0.5) is 5.69 Å². The number of nitrogens with one attached hydrogen (secondary N) is 2. The van der Waals surface area contributed by atoms with Crippen LogP contribution in [0.15, 0.2) is 36.4 Å². The quantitative estimate of drug-likeness (QED) is 0.654. The lowest BCUT2D eigenvalue weighted by Crippen LogP contribution is -2.14. The minimum Gasteiger partial charge on any atom is -0.465 e. The Morgan fingerprint density at radius 2 is 1.93 bits per heavy atom. The molecule has 4 rings (SSSR count). The number of fused-ring (bicyclic) bond motifs is 3. The Kier molecular flexibility index (Phi) is 4.67. The largest absolute Gasteiger partial charge is 0.465 e. The Morgan fingerprint density at radius 3 is 2.71 bits per heavy atom. The SMILES string of the molecule is COC(=O)c1ccc(C)c(NC(=O)c2ccc3[nH]c4c(c3c2)C[C@@H](C)CC4)c1. The van der Waals surface area contributed by atoms with Crippen molar-refractivity contribution in [1.29, 1.82) is 0 Å². The van der Waals surface area contributed by atoms with Crippen LogP contribution in [0.3, 0.4) is 0 Å². The summed E-state index contributed by atoms with van der Waals surface area (Å²) in [5, 5.41) is 4.07. The molecule has 0 radical (unpaired) electrons. The summed E-state index contributed by atoms with van der Waals surface area (Å²) >= 11 is 0. The molecule has 1 aliphatic carbocycles. The van der Waals surface area contributed by atoms with Crippen molar-refractivity contribution in [2.45, 2.75) is 33.1 Å². The van der Waals surface area contributed by atoms with E-state index in [1.807, 2.05) is 25.1 Å². The van der Waals surface area contributed by atoms with Crippen LogP contribution in [0, 0.1) is 12.8 Å². The Hall–Kier alpha value is -3.08. The summed E-state index contributed by atoms with van der Waals surface area (Å²) in [6.45, 7) is 4.17. The van der Waals surface area contributed by atoms with Gasteiger partial charge in [-0.2, -0.15) is 0 Å². The molecule has 5 heteroatoms. The van der Waals surface area contributed by atoms with Crippen LogP contribution in [0.25, 0.3) is 10.9 Å². The smallest absolute Gasteiger partial charge is 0.337 e. The van der Waals surface area contributed by atoms with Crippen LogP contribution in [0.2, 0.25) is 0 Å². The summed E-state index contributed by atoms with van der Waals surface area (Å²) in [7, 11) is 1.34. The molecule has 5 nitrogen and oxygen atoms in total. The van der Waals surface area contributed by atoms with Crippen LogP contribution in [-0.2, 0) is 17.6 Å². The molecular formula is C23H24N2O3. The summed E-state index contributed by atoms with van der Waals surface area (Å²) in [4.78, 5) is 28.2. The van der Waals surface area contributed by atoms with Gasteiger partial charge in [0, 0.05) is 27.8 Å². The summed E-state index contributed by atoms with van der Waals surface area (Å²) in [5.41, 5.74) is 6.23. The van der Waals surface area contributed by atoms with Crippen LogP contribution in [0.5, 0.6) is 0 Å². The van der Waals surface area contributed by atoms with E-state index in [2.05, 4.69) is 17.2 Å². The second-order valence-electron chi connectivity index (χ2n) is 7.67. The van der Waals surface area contributed by atoms with E-state index in [0.717, 1.165) is 29.3 Å². The zero-order chi connectivity index (χ0) is 19.8. The van der Waals surface area contributed by atoms with Gasteiger partial charge < -0.3 is 15.0 Å². The third-order valence-corrected chi connectivity index (χ3v) is 5.60. The monoisotopic (exact) mass is 376 g/mol. The number of methoxy groups -OCH3 is 1. The number of carbonyl (C=O) groups excluding carboxylic acids is 2. The van der Waals surface area contributed by atoms with Gasteiger partial charge in [-0.1, -0.05) is 13.0 Å². The number of anilines is 1. The van der Waals surface area contributed by atoms with E-state index < -0.39 is 5.97 Å². The Labute approximate surface area is 164 Å². The molecular weight excluding hydrogens is 352 g/mol. The van der Waals surface area contributed by atoms with Gasteiger partial charge in [-0.05, 0) is 73.6 Å². The second kappa shape index (κ2) is 7.15. The number of esters is 1. The third kappa shape index (κ3) is 3.28. The van der Waals surface area contributed by atoms with Gasteiger partial charge in [-0.25, -0.2) is 4.79 Å². The van der Waals surface area contributed by atoms with Crippen molar-refractivity contribution in [1.82, 2.24) is 4.98 Å². The zero-order valence-corrected chi connectivity index (χ0v) is 16.4. The molecule has 0 spiro atoms. The first-order chi connectivity index (χ1) is 13.5. The molecule has 0 bridgehead atoms. The first kappa shape index (κ1) is 18.3. The molecule has 1 atom stereocenters. The summed E-state index contributed by atoms with van der Waals surface area (Å²) in [6, 6.07) is 10.9. The maximum absolute atomic E-state index is 12.9. The molecule has 2 aromatic carbocycles. The fourth-order valence-corrected chi connectivity index (χ4v) is 3.93. The predicted octanol–water partition coefficient (Wildman–Crippen LogP) is 4.64. The Morgan fingerprint density at radius 1 is 1.14 bits per heavy atom. The highest BCUT2D eigenvalue weighted by molar-refractivity contribution is 6.07. The van der Waals surface area contributed by atoms with E-state index in [1.165, 1.54) is 24.8 Å². The number of aromatic amines is 1. The highest BCUT2D eigenvalue weighted by atomic mass is 16.5. The number of hydrogen-bond acceptors (Lipinski definition) is 3. The number of aryl methyl sites for hydroxylation is 2. The van der Waals surface area contributed by atoms with Crippen molar-refractivity contribution in [3.05, 3.63) is 64.3 Å². The first-order valence-electron chi connectivity index (χ1n) is 9.60. The maximum atomic E-state index is 12.9. The molecule has 0 fully saturated rings. The summed E-state index contributed by atoms with van der Waals surface area (Å²) in [5.74, 6) is 0.0449. The van der Waals surface area contributed by atoms with E-state index in [0.29, 0.717) is 22.7 Å². The van der Waals surface area contributed by atoms with Crippen molar-refractivity contribution in [2.75, 3.05) is 12.4 Å². The predicted molar refractivity (Wildman–Crippen MR) is 110 cm³/mol. The number of benzene rings is 2. The van der Waals surface area contributed by atoms with Crippen molar-refractivity contribution in [3.63, 3.8) is 0 Å². The van der Waals surface area contributed by atoms with Crippen molar-refractivity contribution in [3.8, 4) is 0 Å². The molecule has 2 N–H and O–H groups in total. The van der Waals surface area contributed by atoms with Gasteiger partial charge in [-0.3, -0.25) is 4.79 Å². The molecule has 3 aromatic rings. The standard InChI is InChI=1S/C23H24N2O3/c1-13-4-8-19-17(10-13)18-11-15(7-9-20(18)24-19)22(26)25-21-12-16(23(27)28-3)6-5-14(21)2/h5-7,9,11-13,24H,4,8,10H2,1-3H3,(H,25,26)/t13-/m0/s1. The summed E-state index contributed by atoms with van der Waals surface area (Å²) < 4.78 is 4.77. The molecule has 144 valence electrons. The van der Waals surface area contributed by atoms with Crippen molar-refractivity contribution < 1.29 is 14.3 Å². The molecule has 0 saturated heterocycles. The van der Waals surface area contributed by atoms with E-state index >= 15 is 0 Å². The van der Waals surface area contributed by atoms with Crippen LogP contribution in [0.1, 0.15) is 50.9 Å². The van der Waals surface area contributed by atoms with E-state index in [4.69, 9.17) is 4.74 Å². The minimum absolute atomic E-state index is 0.189. The van der Waals surface area contributed by atoms with Gasteiger partial charge in [0.2, 0.25) is 0 Å². The van der Waals surface area contributed by atoms with Crippen molar-refractivity contribution in [2.24, 2.45) is 5.92 Å². The molecule has 28 heavy (non-hydrogen) atoms. The zero-order valence-electron chi connectivity index (χ0n) is 16.4. The average Bonchev–Trinajstić information content (AvgIpc) is 3.06. The maximum Gasteiger partial charge on any atom is 0.337 e. The summed E-state index contributed by atoms with van der Waals surface area (Å²) in [6.07, 6.45) is 3.30. The number of carbonyl (C=O) groups is 2. The number of hydrogen-bond donors (Lipinski definition) is 2. The molecule has 0 unspecified atom stereocenters. The van der Waals surface area contributed by atoms with E-state index in [-0.39, 0.29) is 5.91 Å². The molecule has 0 aliphatic heterocycles. The number of H-pyrrole nitrogens is 1. The average molecular weight is 376 g/mol. The Bertz CT molecular complexity index is 1080. The molecule has 1 amide bonds. The highest BCUT2D eigenvalue weighted by Gasteiger charge is 2.21. The van der Waals surface area contributed by atoms with E-state index in [9.17, 15) is 9.59 Å². The molecule has 1 aliphatic rings. The lowest BCUT2D eigenvalue weighted by Gasteiger charge is -2.18. The topological polar surface area (TPSA) is 71.2 Å². The van der Waals surface area contributed by atoms with E-state index in [1.54, 1.807) is 18.2 Å².